The summed E-state index contributed by atoms with van der Waals surface area (Å²) in [4.78, 5) is 13.8. The number of hydrogen-bond donors (Lipinski definition) is 1. The molecule has 0 atom stereocenters. The van der Waals surface area contributed by atoms with Crippen molar-refractivity contribution < 1.29 is 52.6 Å². The molecule has 138 valence electrons. The molecule has 1 amide bonds. The molecule has 0 unspecified atom stereocenters. The number of benzene rings is 1. The summed E-state index contributed by atoms with van der Waals surface area (Å²) in [5, 5.41) is 1.87. The molecule has 1 aromatic carbocycles. The van der Waals surface area contributed by atoms with Crippen LogP contribution in [0, 0.1) is 10.2 Å². The highest BCUT2D eigenvalue weighted by Gasteiger charge is 2.12. The van der Waals surface area contributed by atoms with Crippen LogP contribution in [-0.4, -0.2) is 20.1 Å². The first kappa shape index (κ1) is 20.9. The van der Waals surface area contributed by atoms with Crippen LogP contribution in [-0.2, 0) is 11.2 Å². The summed E-state index contributed by atoms with van der Waals surface area (Å²) in [5.41, 5.74) is 0.425. The van der Waals surface area contributed by atoms with Crippen molar-refractivity contribution in [3.05, 3.63) is 29.5 Å². The van der Waals surface area contributed by atoms with Gasteiger partial charge in [0.05, 0.1) is 27.2 Å². The van der Waals surface area contributed by atoms with E-state index in [1.54, 1.807) is 20.3 Å². The van der Waals surface area contributed by atoms with Crippen molar-refractivity contribution in [2.45, 2.75) is 20.3 Å². The van der Waals surface area contributed by atoms with Crippen LogP contribution in [0.15, 0.2) is 22.6 Å². The molecule has 0 aliphatic heterocycles. The van der Waals surface area contributed by atoms with E-state index in [0.29, 0.717) is 23.5 Å². The molecule has 10 heteroatoms. The zero-order valence-corrected chi connectivity index (χ0v) is 14.8. The van der Waals surface area contributed by atoms with Gasteiger partial charge in [0.1, 0.15) is 5.76 Å². The molecular formula is C15H18ClNO8. The number of nitrogens with one attached hydrogen (secondary N) is 1. The van der Waals surface area contributed by atoms with Crippen molar-refractivity contribution in [3.63, 3.8) is 0 Å². The summed E-state index contributed by atoms with van der Waals surface area (Å²) in [6, 6.07) is 5.53. The Hall–Kier alpha value is -2.17. The summed E-state index contributed by atoms with van der Waals surface area (Å²) in [6.45, 7) is 3.44. The number of halogens is 1. The minimum absolute atomic E-state index is 0.171. The molecular weight excluding hydrogens is 358 g/mol. The Kier molecular flexibility index (Phi) is 7.34. The fraction of sp³-hybridized carbons (Fsp3) is 0.333. The molecule has 0 saturated carbocycles. The zero-order chi connectivity index (χ0) is 19.2. The number of aryl methyl sites for hydroxylation is 1. The van der Waals surface area contributed by atoms with E-state index in [2.05, 4.69) is 4.99 Å². The lowest BCUT2D eigenvalue weighted by atomic mass is 10.1. The van der Waals surface area contributed by atoms with Crippen LogP contribution in [0.3, 0.4) is 0 Å². The van der Waals surface area contributed by atoms with Crippen LogP contribution in [0.2, 0.25) is 0 Å². The van der Waals surface area contributed by atoms with E-state index in [4.69, 9.17) is 32.5 Å². The first-order valence-corrected chi connectivity index (χ1v) is 8.23. The zero-order valence-electron chi connectivity index (χ0n) is 14.1. The second-order valence-electron chi connectivity index (χ2n) is 4.74. The Morgan fingerprint density at radius 2 is 1.64 bits per heavy atom. The number of ether oxygens (including phenoxy) is 2. The lowest BCUT2D eigenvalue weighted by Crippen LogP contribution is -2.79. The van der Waals surface area contributed by atoms with Gasteiger partial charge in [0.15, 0.2) is 11.5 Å². The second-order valence-corrected chi connectivity index (χ2v) is 5.50. The van der Waals surface area contributed by atoms with Gasteiger partial charge in [-0.1, -0.05) is 6.92 Å². The third kappa shape index (κ3) is 6.69. The molecule has 0 radical (unpaired) electrons. The molecule has 2 aromatic rings. The molecule has 0 bridgehead atoms. The predicted octanol–water partition coefficient (Wildman–Crippen LogP) is -4.22. The minimum atomic E-state index is -4.94. The van der Waals surface area contributed by atoms with Crippen molar-refractivity contribution in [3.8, 4) is 11.5 Å². The molecule has 25 heavy (non-hydrogen) atoms. The maximum Gasteiger partial charge on any atom is 0.385 e. The molecule has 0 fully saturated rings. The lowest BCUT2D eigenvalue weighted by molar-refractivity contribution is -2.00. The van der Waals surface area contributed by atoms with Crippen LogP contribution in [0.1, 0.15) is 19.6 Å². The van der Waals surface area contributed by atoms with Gasteiger partial charge in [0.2, 0.25) is 0 Å². The van der Waals surface area contributed by atoms with Gasteiger partial charge < -0.3 is 13.9 Å². The topological polar surface area (TPSA) is 155 Å². The fourth-order valence-corrected chi connectivity index (χ4v) is 2.11. The maximum atomic E-state index is 11.2. The van der Waals surface area contributed by atoms with Crippen molar-refractivity contribution in [1.82, 2.24) is 0 Å². The summed E-state index contributed by atoms with van der Waals surface area (Å²) < 4.78 is 50.3. The van der Waals surface area contributed by atoms with E-state index in [1.807, 2.05) is 19.1 Å². The van der Waals surface area contributed by atoms with Crippen LogP contribution < -0.4 is 38.7 Å². The Bertz CT molecular complexity index is 804. The van der Waals surface area contributed by atoms with Gasteiger partial charge >= 0.3 is 11.5 Å². The van der Waals surface area contributed by atoms with E-state index in [-0.39, 0.29) is 5.91 Å². The van der Waals surface area contributed by atoms with Crippen molar-refractivity contribution in [2.24, 2.45) is 0 Å². The number of hydrogen-bond acceptors (Lipinski definition) is 8. The standard InChI is InChI=1S/C15H17NO4.ClHO4/c1-5-12-11-8-14(19-4)13(18-3)6-10(11)7-15(20-12)16-9(2)17;2-1(3,4)5/h6-8H,5H2,1-4H3;(H,2,3,4,5). The van der Waals surface area contributed by atoms with Gasteiger partial charge in [-0.2, -0.15) is 0 Å². The average Bonchev–Trinajstić information content (AvgIpc) is 2.50. The first-order chi connectivity index (χ1) is 11.6. The largest absolute Gasteiger partial charge is 0.493 e. The number of methoxy groups -OCH3 is 2. The summed E-state index contributed by atoms with van der Waals surface area (Å²) in [7, 11) is -1.76. The van der Waals surface area contributed by atoms with Crippen molar-refractivity contribution >= 4 is 16.7 Å². The van der Waals surface area contributed by atoms with Gasteiger partial charge in [-0.25, -0.2) is 23.4 Å². The highest BCUT2D eigenvalue weighted by atomic mass is 35.7. The Morgan fingerprint density at radius 1 is 1.12 bits per heavy atom. The van der Waals surface area contributed by atoms with E-state index < -0.39 is 10.2 Å². The lowest BCUT2D eigenvalue weighted by Gasteiger charge is -2.17. The molecule has 0 spiro atoms. The third-order valence-electron chi connectivity index (χ3n) is 3.00. The Balaban J connectivity index is 0.000000550. The number of fused-ring (bicyclic) bond motifs is 1. The fourth-order valence-electron chi connectivity index (χ4n) is 2.11. The van der Waals surface area contributed by atoms with Gasteiger partial charge in [0, 0.05) is 11.8 Å². The predicted molar refractivity (Wildman–Crippen MR) is 73.5 cm³/mol. The highest BCUT2D eigenvalue weighted by molar-refractivity contribution is 5.87. The van der Waals surface area contributed by atoms with Gasteiger partial charge in [-0.3, -0.25) is 0 Å². The molecule has 0 saturated heterocycles. The SMILES string of the molecule is CCc1oc(=[NH+]C(C)=O)cc2cc(OC)c(OC)cc12.[O-][Cl+3]([O-])([O-])[O-]. The summed E-state index contributed by atoms with van der Waals surface area (Å²) in [6.07, 6.45) is 0.708. The van der Waals surface area contributed by atoms with E-state index in [1.165, 1.54) is 6.92 Å². The monoisotopic (exact) mass is 375 g/mol. The smallest absolute Gasteiger partial charge is 0.385 e. The van der Waals surface area contributed by atoms with Crippen LogP contribution in [0.25, 0.3) is 10.8 Å². The first-order valence-electron chi connectivity index (χ1n) is 7.00. The number of rotatable bonds is 3. The van der Waals surface area contributed by atoms with Crippen LogP contribution in [0.4, 0.5) is 0 Å². The Labute approximate surface area is 145 Å². The van der Waals surface area contributed by atoms with Crippen molar-refractivity contribution in [2.75, 3.05) is 14.2 Å². The molecule has 1 heterocycles. The van der Waals surface area contributed by atoms with E-state index in [0.717, 1.165) is 16.5 Å². The molecule has 0 aliphatic rings. The second kappa shape index (κ2) is 8.79. The third-order valence-corrected chi connectivity index (χ3v) is 3.00. The van der Waals surface area contributed by atoms with E-state index in [9.17, 15) is 4.79 Å². The van der Waals surface area contributed by atoms with Crippen LogP contribution >= 0.6 is 0 Å². The normalized spacial score (nSPS) is 11.8. The molecule has 9 nitrogen and oxygen atoms in total. The number of carbonyl (C=O) groups excluding carboxylic acids is 1. The number of carbonyl (C=O) groups is 1. The molecule has 1 aromatic heterocycles. The van der Waals surface area contributed by atoms with Crippen molar-refractivity contribution in [1.29, 1.82) is 0 Å². The quantitative estimate of drug-likeness (QED) is 0.566. The van der Waals surface area contributed by atoms with Gasteiger partial charge in [0.25, 0.3) is 0 Å². The van der Waals surface area contributed by atoms with Crippen LogP contribution in [0.5, 0.6) is 11.5 Å². The number of amides is 1. The molecule has 2 rings (SSSR count). The Morgan fingerprint density at radius 3 is 2.08 bits per heavy atom. The van der Waals surface area contributed by atoms with E-state index >= 15 is 0 Å². The maximum absolute atomic E-state index is 11.2. The van der Waals surface area contributed by atoms with Gasteiger partial charge in [-0.15, -0.1) is 15.2 Å². The highest BCUT2D eigenvalue weighted by Crippen LogP contribution is 2.32. The summed E-state index contributed by atoms with van der Waals surface area (Å²) >= 11 is 0. The minimum Gasteiger partial charge on any atom is -0.493 e. The van der Waals surface area contributed by atoms with Gasteiger partial charge in [-0.05, 0) is 17.5 Å². The summed E-state index contributed by atoms with van der Waals surface area (Å²) in [5.74, 6) is 1.90. The average molecular weight is 376 g/mol. The molecule has 1 N–H and O–H groups in total. The molecule has 0 aliphatic carbocycles.